The fraction of sp³-hybridized carbons (Fsp3) is 0.529. The van der Waals surface area contributed by atoms with Crippen LogP contribution in [0.1, 0.15) is 32.8 Å². The van der Waals surface area contributed by atoms with Crippen LogP contribution in [0.5, 0.6) is 5.75 Å². The van der Waals surface area contributed by atoms with Crippen LogP contribution in [0.3, 0.4) is 0 Å². The number of hydrogen-bond donors (Lipinski definition) is 1. The molecule has 106 valence electrons. The molecule has 1 aromatic rings. The first kappa shape index (κ1) is 15.8. The van der Waals surface area contributed by atoms with Crippen LogP contribution in [-0.4, -0.2) is 20.2 Å². The van der Waals surface area contributed by atoms with E-state index in [1.54, 1.807) is 7.11 Å². The summed E-state index contributed by atoms with van der Waals surface area (Å²) in [6, 6.07) is 8.23. The summed E-state index contributed by atoms with van der Waals surface area (Å²) >= 11 is 0. The van der Waals surface area contributed by atoms with Gasteiger partial charge in [-0.05, 0) is 50.4 Å². The third kappa shape index (κ3) is 6.44. The van der Waals surface area contributed by atoms with Gasteiger partial charge in [0.25, 0.3) is 0 Å². The van der Waals surface area contributed by atoms with Crippen LogP contribution >= 0.6 is 0 Å². The molecule has 0 fully saturated rings. The molecular weight excluding hydrogens is 234 g/mol. The number of nitrogens with one attached hydrogen (secondary N) is 1. The summed E-state index contributed by atoms with van der Waals surface area (Å²) < 4.78 is 5.38. The first-order valence-electron chi connectivity index (χ1n) is 7.11. The van der Waals surface area contributed by atoms with Gasteiger partial charge in [-0.25, -0.2) is 0 Å². The first-order chi connectivity index (χ1) is 9.13. The zero-order valence-electron chi connectivity index (χ0n) is 12.7. The van der Waals surface area contributed by atoms with Gasteiger partial charge in [0.1, 0.15) is 5.75 Å². The SMILES string of the molecule is COc1ccccc1CC(C)=CCCNCC(C)C. The summed E-state index contributed by atoms with van der Waals surface area (Å²) in [6.45, 7) is 8.81. The summed E-state index contributed by atoms with van der Waals surface area (Å²) in [5.74, 6) is 1.70. The molecule has 0 bridgehead atoms. The minimum absolute atomic E-state index is 0.721. The van der Waals surface area contributed by atoms with Gasteiger partial charge in [0.05, 0.1) is 7.11 Å². The van der Waals surface area contributed by atoms with Crippen molar-refractivity contribution in [3.05, 3.63) is 41.5 Å². The highest BCUT2D eigenvalue weighted by Crippen LogP contribution is 2.20. The molecule has 0 spiro atoms. The van der Waals surface area contributed by atoms with Crippen LogP contribution in [0.25, 0.3) is 0 Å². The molecule has 19 heavy (non-hydrogen) atoms. The molecular formula is C17H27NO. The third-order valence-electron chi connectivity index (χ3n) is 3.03. The van der Waals surface area contributed by atoms with Crippen molar-refractivity contribution >= 4 is 0 Å². The Morgan fingerprint density at radius 1 is 1.32 bits per heavy atom. The summed E-state index contributed by atoms with van der Waals surface area (Å²) in [4.78, 5) is 0. The fourth-order valence-corrected chi connectivity index (χ4v) is 2.03. The number of methoxy groups -OCH3 is 1. The Kier molecular flexibility index (Phi) is 7.27. The molecule has 0 heterocycles. The Bertz CT molecular complexity index is 396. The lowest BCUT2D eigenvalue weighted by Gasteiger charge is -2.09. The summed E-state index contributed by atoms with van der Waals surface area (Å²) in [5.41, 5.74) is 2.66. The fourth-order valence-electron chi connectivity index (χ4n) is 2.03. The number of hydrogen-bond acceptors (Lipinski definition) is 2. The molecule has 0 saturated carbocycles. The average molecular weight is 261 g/mol. The molecule has 0 aliphatic carbocycles. The van der Waals surface area contributed by atoms with Crippen molar-refractivity contribution < 1.29 is 4.74 Å². The predicted octanol–water partition coefficient (Wildman–Crippen LogP) is 3.82. The normalized spacial score (nSPS) is 11.9. The van der Waals surface area contributed by atoms with E-state index in [4.69, 9.17) is 4.74 Å². The lowest BCUT2D eigenvalue weighted by molar-refractivity contribution is 0.410. The van der Waals surface area contributed by atoms with Crippen LogP contribution < -0.4 is 10.1 Å². The molecule has 0 aliphatic heterocycles. The Balaban J connectivity index is 2.39. The third-order valence-corrected chi connectivity index (χ3v) is 3.03. The van der Waals surface area contributed by atoms with Crippen molar-refractivity contribution in [2.75, 3.05) is 20.2 Å². The van der Waals surface area contributed by atoms with E-state index in [0.717, 1.165) is 37.6 Å². The minimum atomic E-state index is 0.721. The van der Waals surface area contributed by atoms with Gasteiger partial charge in [-0.15, -0.1) is 0 Å². The minimum Gasteiger partial charge on any atom is -0.496 e. The van der Waals surface area contributed by atoms with E-state index in [1.807, 2.05) is 12.1 Å². The standard InChI is InChI=1S/C17H27NO/c1-14(2)13-18-11-7-8-15(3)12-16-9-5-6-10-17(16)19-4/h5-6,8-10,14,18H,7,11-13H2,1-4H3. The summed E-state index contributed by atoms with van der Waals surface area (Å²) in [7, 11) is 1.73. The maximum atomic E-state index is 5.38. The Morgan fingerprint density at radius 3 is 2.74 bits per heavy atom. The van der Waals surface area contributed by atoms with Gasteiger partial charge in [-0.3, -0.25) is 0 Å². The van der Waals surface area contributed by atoms with Crippen molar-refractivity contribution in [2.24, 2.45) is 5.92 Å². The van der Waals surface area contributed by atoms with Gasteiger partial charge >= 0.3 is 0 Å². The van der Waals surface area contributed by atoms with Gasteiger partial charge < -0.3 is 10.1 Å². The molecule has 1 rings (SSSR count). The van der Waals surface area contributed by atoms with E-state index in [-0.39, 0.29) is 0 Å². The van der Waals surface area contributed by atoms with Crippen LogP contribution in [0.2, 0.25) is 0 Å². The van der Waals surface area contributed by atoms with E-state index in [0.29, 0.717) is 0 Å². The molecule has 1 aromatic carbocycles. The monoisotopic (exact) mass is 261 g/mol. The molecule has 0 atom stereocenters. The second-order valence-electron chi connectivity index (χ2n) is 5.43. The summed E-state index contributed by atoms with van der Waals surface area (Å²) in [5, 5.41) is 3.46. The molecule has 2 nitrogen and oxygen atoms in total. The van der Waals surface area contributed by atoms with Crippen molar-refractivity contribution in [2.45, 2.75) is 33.6 Å². The Morgan fingerprint density at radius 2 is 2.05 bits per heavy atom. The number of para-hydroxylation sites is 1. The first-order valence-corrected chi connectivity index (χ1v) is 7.11. The van der Waals surface area contributed by atoms with E-state index in [1.165, 1.54) is 11.1 Å². The topological polar surface area (TPSA) is 21.3 Å². The van der Waals surface area contributed by atoms with Crippen LogP contribution in [-0.2, 0) is 6.42 Å². The number of benzene rings is 1. The molecule has 0 aliphatic rings. The molecule has 0 unspecified atom stereocenters. The zero-order chi connectivity index (χ0) is 14.1. The maximum absolute atomic E-state index is 5.38. The quantitative estimate of drug-likeness (QED) is 0.567. The summed E-state index contributed by atoms with van der Waals surface area (Å²) in [6.07, 6.45) is 4.38. The van der Waals surface area contributed by atoms with Crippen LogP contribution in [0.15, 0.2) is 35.9 Å². The zero-order valence-corrected chi connectivity index (χ0v) is 12.7. The smallest absolute Gasteiger partial charge is 0.122 e. The van der Waals surface area contributed by atoms with Crippen LogP contribution in [0, 0.1) is 5.92 Å². The predicted molar refractivity (Wildman–Crippen MR) is 82.8 cm³/mol. The van der Waals surface area contributed by atoms with Crippen molar-refractivity contribution in [1.29, 1.82) is 0 Å². The van der Waals surface area contributed by atoms with Gasteiger partial charge in [0.2, 0.25) is 0 Å². The second kappa shape index (κ2) is 8.76. The van der Waals surface area contributed by atoms with Gasteiger partial charge in [-0.2, -0.15) is 0 Å². The molecule has 1 N–H and O–H groups in total. The number of ether oxygens (including phenoxy) is 1. The average Bonchev–Trinajstić information content (AvgIpc) is 2.38. The second-order valence-corrected chi connectivity index (χ2v) is 5.43. The van der Waals surface area contributed by atoms with E-state index in [9.17, 15) is 0 Å². The Hall–Kier alpha value is -1.28. The van der Waals surface area contributed by atoms with Crippen LogP contribution in [0.4, 0.5) is 0 Å². The molecule has 0 aromatic heterocycles. The molecule has 0 amide bonds. The maximum Gasteiger partial charge on any atom is 0.122 e. The van der Waals surface area contributed by atoms with E-state index >= 15 is 0 Å². The highest BCUT2D eigenvalue weighted by molar-refractivity contribution is 5.35. The highest BCUT2D eigenvalue weighted by atomic mass is 16.5. The van der Waals surface area contributed by atoms with Gasteiger partial charge in [0, 0.05) is 0 Å². The van der Waals surface area contributed by atoms with E-state index in [2.05, 4.69) is 44.3 Å². The lowest BCUT2D eigenvalue weighted by atomic mass is 10.0. The molecule has 0 radical (unpaired) electrons. The van der Waals surface area contributed by atoms with Crippen molar-refractivity contribution in [1.82, 2.24) is 5.32 Å². The molecule has 0 saturated heterocycles. The van der Waals surface area contributed by atoms with Gasteiger partial charge in [0.15, 0.2) is 0 Å². The Labute approximate surface area is 117 Å². The lowest BCUT2D eigenvalue weighted by Crippen LogP contribution is -2.20. The van der Waals surface area contributed by atoms with Crippen molar-refractivity contribution in [3.63, 3.8) is 0 Å². The number of allylic oxidation sites excluding steroid dienone is 1. The van der Waals surface area contributed by atoms with Crippen molar-refractivity contribution in [3.8, 4) is 5.75 Å². The number of rotatable bonds is 8. The van der Waals surface area contributed by atoms with Gasteiger partial charge in [-0.1, -0.05) is 43.7 Å². The van der Waals surface area contributed by atoms with E-state index < -0.39 is 0 Å². The largest absolute Gasteiger partial charge is 0.496 e. The highest BCUT2D eigenvalue weighted by Gasteiger charge is 2.01. The molecule has 2 heteroatoms.